The van der Waals surface area contributed by atoms with Crippen molar-refractivity contribution in [3.63, 3.8) is 0 Å². The molecule has 0 atom stereocenters. The van der Waals surface area contributed by atoms with E-state index in [-0.39, 0.29) is 0 Å². The Balaban J connectivity index is 1.73. The van der Waals surface area contributed by atoms with Gasteiger partial charge in [-0.15, -0.1) is 11.3 Å². The minimum absolute atomic E-state index is 0.395. The summed E-state index contributed by atoms with van der Waals surface area (Å²) in [6, 6.07) is 7.61. The van der Waals surface area contributed by atoms with Gasteiger partial charge in [0.1, 0.15) is 0 Å². The van der Waals surface area contributed by atoms with Gasteiger partial charge in [-0.3, -0.25) is 4.99 Å². The SMILES string of the molecule is CN=C(NCCc1nc(C(F)(F)F)cs1)NCCc1ccccc1Cl. The smallest absolute Gasteiger partial charge is 0.356 e. The largest absolute Gasteiger partial charge is 0.434 e. The van der Waals surface area contributed by atoms with Crippen LogP contribution in [0.2, 0.25) is 5.02 Å². The van der Waals surface area contributed by atoms with Crippen molar-refractivity contribution in [2.45, 2.75) is 19.0 Å². The molecule has 136 valence electrons. The quantitative estimate of drug-likeness (QED) is 0.583. The van der Waals surface area contributed by atoms with Gasteiger partial charge < -0.3 is 10.6 Å². The maximum atomic E-state index is 12.5. The summed E-state index contributed by atoms with van der Waals surface area (Å²) in [4.78, 5) is 7.68. The third-order valence-electron chi connectivity index (χ3n) is 3.34. The molecule has 0 aliphatic rings. The molecule has 0 radical (unpaired) electrons. The average molecular weight is 391 g/mol. The van der Waals surface area contributed by atoms with Crippen LogP contribution in [-0.4, -0.2) is 31.1 Å². The molecule has 4 nitrogen and oxygen atoms in total. The number of nitrogens with zero attached hydrogens (tertiary/aromatic N) is 2. The van der Waals surface area contributed by atoms with Crippen molar-refractivity contribution in [3.8, 4) is 0 Å². The summed E-state index contributed by atoms with van der Waals surface area (Å²) < 4.78 is 37.5. The van der Waals surface area contributed by atoms with Crippen LogP contribution >= 0.6 is 22.9 Å². The number of thiazole rings is 1. The number of hydrogen-bond donors (Lipinski definition) is 2. The number of benzene rings is 1. The van der Waals surface area contributed by atoms with Crippen molar-refractivity contribution in [2.24, 2.45) is 4.99 Å². The fourth-order valence-electron chi connectivity index (χ4n) is 2.08. The first kappa shape index (κ1) is 19.5. The lowest BCUT2D eigenvalue weighted by molar-refractivity contribution is -0.140. The van der Waals surface area contributed by atoms with Crippen LogP contribution in [0.1, 0.15) is 16.3 Å². The van der Waals surface area contributed by atoms with Crippen LogP contribution in [-0.2, 0) is 19.0 Å². The normalized spacial score (nSPS) is 12.3. The topological polar surface area (TPSA) is 49.3 Å². The first-order chi connectivity index (χ1) is 11.9. The second-order valence-electron chi connectivity index (χ2n) is 5.14. The first-order valence-electron chi connectivity index (χ1n) is 7.59. The van der Waals surface area contributed by atoms with Gasteiger partial charge in [0.15, 0.2) is 11.7 Å². The van der Waals surface area contributed by atoms with Crippen LogP contribution in [0.15, 0.2) is 34.6 Å². The Hall–Kier alpha value is -1.80. The fraction of sp³-hybridized carbons (Fsp3) is 0.375. The molecule has 25 heavy (non-hydrogen) atoms. The van der Waals surface area contributed by atoms with Crippen LogP contribution in [0.5, 0.6) is 0 Å². The Kier molecular flexibility index (Phi) is 7.07. The predicted molar refractivity (Wildman–Crippen MR) is 95.3 cm³/mol. The highest BCUT2D eigenvalue weighted by Gasteiger charge is 2.33. The summed E-state index contributed by atoms with van der Waals surface area (Å²) >= 11 is 7.11. The minimum atomic E-state index is -4.39. The molecule has 2 N–H and O–H groups in total. The van der Waals surface area contributed by atoms with E-state index in [1.165, 1.54) is 0 Å². The number of halogens is 4. The van der Waals surface area contributed by atoms with E-state index in [2.05, 4.69) is 20.6 Å². The molecule has 2 aromatic rings. The maximum absolute atomic E-state index is 12.5. The number of hydrogen-bond acceptors (Lipinski definition) is 3. The van der Waals surface area contributed by atoms with Crippen molar-refractivity contribution < 1.29 is 13.2 Å². The van der Waals surface area contributed by atoms with Crippen LogP contribution in [0, 0.1) is 0 Å². The van der Waals surface area contributed by atoms with E-state index < -0.39 is 11.9 Å². The van der Waals surface area contributed by atoms with Gasteiger partial charge in [0, 0.05) is 37.0 Å². The molecule has 0 bridgehead atoms. The Labute approximate surface area is 153 Å². The lowest BCUT2D eigenvalue weighted by atomic mass is 10.1. The molecule has 2 rings (SSSR count). The highest BCUT2D eigenvalue weighted by atomic mass is 35.5. The zero-order valence-corrected chi connectivity index (χ0v) is 15.1. The van der Waals surface area contributed by atoms with Gasteiger partial charge in [0.25, 0.3) is 0 Å². The van der Waals surface area contributed by atoms with E-state index in [9.17, 15) is 13.2 Å². The highest BCUT2D eigenvalue weighted by Crippen LogP contribution is 2.29. The molecule has 1 aromatic heterocycles. The number of nitrogens with one attached hydrogen (secondary N) is 2. The van der Waals surface area contributed by atoms with Crippen LogP contribution in [0.25, 0.3) is 0 Å². The highest BCUT2D eigenvalue weighted by molar-refractivity contribution is 7.09. The maximum Gasteiger partial charge on any atom is 0.434 e. The summed E-state index contributed by atoms with van der Waals surface area (Å²) in [6.07, 6.45) is -3.26. The number of alkyl halides is 3. The summed E-state index contributed by atoms with van der Waals surface area (Å²) in [6.45, 7) is 1.08. The Bertz CT molecular complexity index is 715. The molecule has 0 spiro atoms. The molecular weight excluding hydrogens is 373 g/mol. The van der Waals surface area contributed by atoms with Gasteiger partial charge in [-0.2, -0.15) is 13.2 Å². The van der Waals surface area contributed by atoms with Crippen molar-refractivity contribution in [3.05, 3.63) is 50.9 Å². The molecular formula is C16H18ClF3N4S. The number of aliphatic imine (C=N–C) groups is 1. The molecule has 0 unspecified atom stereocenters. The first-order valence-corrected chi connectivity index (χ1v) is 8.85. The molecule has 0 aliphatic carbocycles. The molecule has 1 aromatic carbocycles. The number of rotatable bonds is 6. The van der Waals surface area contributed by atoms with E-state index >= 15 is 0 Å². The van der Waals surface area contributed by atoms with Gasteiger partial charge in [0.05, 0.1) is 5.01 Å². The lowest BCUT2D eigenvalue weighted by Gasteiger charge is -2.11. The summed E-state index contributed by atoms with van der Waals surface area (Å²) in [7, 11) is 1.63. The number of aromatic nitrogens is 1. The fourth-order valence-corrected chi connectivity index (χ4v) is 3.12. The van der Waals surface area contributed by atoms with E-state index in [0.717, 1.165) is 33.7 Å². The van der Waals surface area contributed by atoms with Gasteiger partial charge in [0.2, 0.25) is 0 Å². The van der Waals surface area contributed by atoms with E-state index in [1.807, 2.05) is 24.3 Å². The molecule has 0 amide bonds. The van der Waals surface area contributed by atoms with Gasteiger partial charge in [-0.1, -0.05) is 29.8 Å². The third kappa shape index (κ3) is 6.21. The van der Waals surface area contributed by atoms with Gasteiger partial charge in [-0.05, 0) is 18.1 Å². The lowest BCUT2D eigenvalue weighted by Crippen LogP contribution is -2.39. The van der Waals surface area contributed by atoms with E-state index in [1.54, 1.807) is 7.05 Å². The van der Waals surface area contributed by atoms with Gasteiger partial charge in [-0.25, -0.2) is 4.98 Å². The molecule has 0 saturated carbocycles. The molecule has 9 heteroatoms. The van der Waals surface area contributed by atoms with Crippen molar-refractivity contribution in [2.75, 3.05) is 20.1 Å². The van der Waals surface area contributed by atoms with Crippen LogP contribution in [0.3, 0.4) is 0 Å². The summed E-state index contributed by atoms with van der Waals surface area (Å²) in [5.74, 6) is 0.583. The van der Waals surface area contributed by atoms with E-state index in [4.69, 9.17) is 11.6 Å². The second kappa shape index (κ2) is 9.05. The third-order valence-corrected chi connectivity index (χ3v) is 4.62. The molecule has 0 aliphatic heterocycles. The standard InChI is InChI=1S/C16H18ClF3N4S/c1-21-15(22-8-6-11-4-2-3-5-12(11)17)23-9-7-14-24-13(10-25-14)16(18,19)20/h2-5,10H,6-9H2,1H3,(H2,21,22,23). The minimum Gasteiger partial charge on any atom is -0.356 e. The van der Waals surface area contributed by atoms with Crippen LogP contribution < -0.4 is 10.6 Å². The van der Waals surface area contributed by atoms with Crippen molar-refractivity contribution in [1.82, 2.24) is 15.6 Å². The monoisotopic (exact) mass is 390 g/mol. The van der Waals surface area contributed by atoms with E-state index in [0.29, 0.717) is 30.5 Å². The predicted octanol–water partition coefficient (Wildman–Crippen LogP) is 3.77. The van der Waals surface area contributed by atoms with Gasteiger partial charge >= 0.3 is 6.18 Å². The average Bonchev–Trinajstić information content (AvgIpc) is 3.04. The second-order valence-corrected chi connectivity index (χ2v) is 6.49. The van der Waals surface area contributed by atoms with Crippen molar-refractivity contribution >= 4 is 28.9 Å². The zero-order chi connectivity index (χ0) is 18.3. The molecule has 0 saturated heterocycles. The van der Waals surface area contributed by atoms with Crippen molar-refractivity contribution in [1.29, 1.82) is 0 Å². The Morgan fingerprint density at radius 2 is 1.88 bits per heavy atom. The summed E-state index contributed by atoms with van der Waals surface area (Å²) in [5, 5.41) is 8.39. The Morgan fingerprint density at radius 3 is 2.48 bits per heavy atom. The Morgan fingerprint density at radius 1 is 1.20 bits per heavy atom. The number of guanidine groups is 1. The molecule has 0 fully saturated rings. The van der Waals surface area contributed by atoms with Crippen LogP contribution in [0.4, 0.5) is 13.2 Å². The molecule has 1 heterocycles. The summed E-state index contributed by atoms with van der Waals surface area (Å²) in [5.41, 5.74) is 0.198. The zero-order valence-electron chi connectivity index (χ0n) is 13.5.